The molecule has 2 aliphatic rings. The number of imidazole rings is 1. The van der Waals surface area contributed by atoms with Gasteiger partial charge in [-0.2, -0.15) is 0 Å². The molecule has 1 aromatic heterocycles. The maximum Gasteiger partial charge on any atom is 0.253 e. The number of carbonyl (C=O) groups excluding carboxylic acids is 2. The monoisotopic (exact) mass is 506 g/mol. The van der Waals surface area contributed by atoms with Gasteiger partial charge >= 0.3 is 0 Å². The number of amides is 2. The summed E-state index contributed by atoms with van der Waals surface area (Å²) in [4.78, 5) is 33.8. The van der Waals surface area contributed by atoms with Crippen LogP contribution in [0, 0.1) is 0 Å². The zero-order valence-corrected chi connectivity index (χ0v) is 21.6. The summed E-state index contributed by atoms with van der Waals surface area (Å²) >= 11 is 6.22. The minimum atomic E-state index is -0.253. The number of para-hydroxylation sites is 2. The third-order valence-electron chi connectivity index (χ3n) is 7.78. The first-order chi connectivity index (χ1) is 17.6. The van der Waals surface area contributed by atoms with Crippen LogP contribution in [-0.2, 0) is 17.9 Å². The summed E-state index contributed by atoms with van der Waals surface area (Å²) in [7, 11) is 0. The van der Waals surface area contributed by atoms with E-state index < -0.39 is 0 Å². The SMILES string of the molecule is O=C(NCc1nc2ccccc2n1CC(=O)N(C1CCCCC1)C1CCCCC1)c1ccccc1Cl. The van der Waals surface area contributed by atoms with Gasteiger partial charge in [0.1, 0.15) is 12.4 Å². The number of benzene rings is 2. The minimum absolute atomic E-state index is 0.177. The standard InChI is InChI=1S/C29H35ClN4O2/c30-24-16-8-7-15-23(24)29(36)31-19-27-32-25-17-9-10-18-26(25)33(27)20-28(35)34(21-11-3-1-4-12-21)22-13-5-2-6-14-22/h7-10,15-18,21-22H,1-6,11-14,19-20H2,(H,31,36). The second kappa shape index (κ2) is 11.5. The van der Waals surface area contributed by atoms with E-state index in [1.807, 2.05) is 28.8 Å². The van der Waals surface area contributed by atoms with Gasteiger partial charge in [-0.3, -0.25) is 9.59 Å². The van der Waals surface area contributed by atoms with Crippen molar-refractivity contribution in [2.45, 2.75) is 89.4 Å². The van der Waals surface area contributed by atoms with Gasteiger partial charge in [-0.05, 0) is 49.9 Å². The van der Waals surface area contributed by atoms with Crippen molar-refractivity contribution in [1.29, 1.82) is 0 Å². The lowest BCUT2D eigenvalue weighted by atomic mass is 9.88. The topological polar surface area (TPSA) is 67.2 Å². The molecular formula is C29H35ClN4O2. The second-order valence-electron chi connectivity index (χ2n) is 10.2. The first-order valence-corrected chi connectivity index (χ1v) is 13.8. The number of halogens is 1. The molecule has 0 unspecified atom stereocenters. The van der Waals surface area contributed by atoms with Crippen molar-refractivity contribution in [2.75, 3.05) is 0 Å². The molecule has 2 aromatic carbocycles. The number of hydrogen-bond donors (Lipinski definition) is 1. The number of rotatable bonds is 7. The van der Waals surface area contributed by atoms with Gasteiger partial charge in [0, 0.05) is 12.1 Å². The second-order valence-corrected chi connectivity index (χ2v) is 10.6. The Morgan fingerprint density at radius 3 is 2.17 bits per heavy atom. The van der Waals surface area contributed by atoms with E-state index in [0.717, 1.165) is 36.7 Å². The molecule has 36 heavy (non-hydrogen) atoms. The normalized spacial score (nSPS) is 17.2. The van der Waals surface area contributed by atoms with E-state index in [-0.39, 0.29) is 24.9 Å². The Labute approximate surface area is 218 Å². The molecule has 3 aromatic rings. The molecule has 0 bridgehead atoms. The van der Waals surface area contributed by atoms with Crippen molar-refractivity contribution < 1.29 is 9.59 Å². The largest absolute Gasteiger partial charge is 0.345 e. The van der Waals surface area contributed by atoms with E-state index in [4.69, 9.17) is 16.6 Å². The van der Waals surface area contributed by atoms with E-state index in [1.165, 1.54) is 38.5 Å². The van der Waals surface area contributed by atoms with E-state index in [0.29, 0.717) is 28.5 Å². The summed E-state index contributed by atoms with van der Waals surface area (Å²) in [5.41, 5.74) is 2.17. The van der Waals surface area contributed by atoms with Gasteiger partial charge in [0.05, 0.1) is 28.2 Å². The van der Waals surface area contributed by atoms with E-state index in [1.54, 1.807) is 24.3 Å². The molecular weight excluding hydrogens is 472 g/mol. The molecule has 190 valence electrons. The molecule has 0 saturated heterocycles. The maximum absolute atomic E-state index is 14.0. The molecule has 2 aliphatic carbocycles. The molecule has 7 heteroatoms. The number of nitrogens with zero attached hydrogens (tertiary/aromatic N) is 3. The van der Waals surface area contributed by atoms with Crippen molar-refractivity contribution >= 4 is 34.4 Å². The van der Waals surface area contributed by atoms with E-state index >= 15 is 0 Å². The average Bonchev–Trinajstić information content (AvgIpc) is 3.26. The van der Waals surface area contributed by atoms with Crippen LogP contribution in [0.1, 0.15) is 80.4 Å². The van der Waals surface area contributed by atoms with Gasteiger partial charge in [-0.1, -0.05) is 74.4 Å². The summed E-state index contributed by atoms with van der Waals surface area (Å²) < 4.78 is 1.99. The minimum Gasteiger partial charge on any atom is -0.345 e. The Hall–Kier alpha value is -2.86. The fourth-order valence-electron chi connectivity index (χ4n) is 5.98. The molecule has 2 fully saturated rings. The lowest BCUT2D eigenvalue weighted by Gasteiger charge is -2.42. The van der Waals surface area contributed by atoms with Crippen molar-refractivity contribution in [3.8, 4) is 0 Å². The summed E-state index contributed by atoms with van der Waals surface area (Å²) in [6, 6.07) is 15.6. The number of aromatic nitrogens is 2. The summed E-state index contributed by atoms with van der Waals surface area (Å²) in [5.74, 6) is 0.601. The van der Waals surface area contributed by atoms with Gasteiger partial charge in [0.25, 0.3) is 5.91 Å². The number of carbonyl (C=O) groups is 2. The third kappa shape index (κ3) is 5.44. The molecule has 2 amide bonds. The van der Waals surface area contributed by atoms with Crippen LogP contribution < -0.4 is 5.32 Å². The predicted molar refractivity (Wildman–Crippen MR) is 143 cm³/mol. The first kappa shape index (κ1) is 24.8. The van der Waals surface area contributed by atoms with Crippen LogP contribution >= 0.6 is 11.6 Å². The lowest BCUT2D eigenvalue weighted by Crippen LogP contribution is -2.50. The zero-order valence-electron chi connectivity index (χ0n) is 20.8. The Kier molecular flexibility index (Phi) is 7.90. The average molecular weight is 507 g/mol. The highest BCUT2D eigenvalue weighted by atomic mass is 35.5. The van der Waals surface area contributed by atoms with Gasteiger partial charge in [0.15, 0.2) is 0 Å². The predicted octanol–water partition coefficient (Wildman–Crippen LogP) is 6.11. The van der Waals surface area contributed by atoms with Crippen molar-refractivity contribution in [3.63, 3.8) is 0 Å². The van der Waals surface area contributed by atoms with Gasteiger partial charge in [-0.15, -0.1) is 0 Å². The van der Waals surface area contributed by atoms with Crippen LogP contribution in [-0.4, -0.2) is 38.3 Å². The maximum atomic E-state index is 14.0. The van der Waals surface area contributed by atoms with Gasteiger partial charge in [0.2, 0.25) is 5.91 Å². The van der Waals surface area contributed by atoms with Crippen LogP contribution in [0.2, 0.25) is 5.02 Å². The van der Waals surface area contributed by atoms with Crippen LogP contribution in [0.4, 0.5) is 0 Å². The highest BCUT2D eigenvalue weighted by Gasteiger charge is 2.33. The van der Waals surface area contributed by atoms with Crippen molar-refractivity contribution in [1.82, 2.24) is 19.8 Å². The highest BCUT2D eigenvalue weighted by Crippen LogP contribution is 2.31. The Balaban J connectivity index is 1.39. The van der Waals surface area contributed by atoms with E-state index in [2.05, 4.69) is 10.2 Å². The first-order valence-electron chi connectivity index (χ1n) is 13.4. The van der Waals surface area contributed by atoms with Crippen LogP contribution in [0.5, 0.6) is 0 Å². The summed E-state index contributed by atoms with van der Waals surface area (Å²) in [5, 5.41) is 3.37. The number of hydrogen-bond acceptors (Lipinski definition) is 3. The van der Waals surface area contributed by atoms with Crippen molar-refractivity contribution in [2.24, 2.45) is 0 Å². The van der Waals surface area contributed by atoms with E-state index in [9.17, 15) is 9.59 Å². The summed E-state index contributed by atoms with van der Waals surface area (Å²) in [6.45, 7) is 0.462. The third-order valence-corrected chi connectivity index (χ3v) is 8.11. The molecule has 0 spiro atoms. The fraction of sp³-hybridized carbons (Fsp3) is 0.483. The fourth-order valence-corrected chi connectivity index (χ4v) is 6.20. The van der Waals surface area contributed by atoms with Gasteiger partial charge in [-0.25, -0.2) is 4.98 Å². The number of fused-ring (bicyclic) bond motifs is 1. The molecule has 1 N–H and O–H groups in total. The van der Waals surface area contributed by atoms with Crippen LogP contribution in [0.25, 0.3) is 11.0 Å². The molecule has 0 atom stereocenters. The molecule has 2 saturated carbocycles. The molecule has 6 nitrogen and oxygen atoms in total. The van der Waals surface area contributed by atoms with Crippen LogP contribution in [0.3, 0.4) is 0 Å². The molecule has 5 rings (SSSR count). The van der Waals surface area contributed by atoms with Crippen LogP contribution in [0.15, 0.2) is 48.5 Å². The van der Waals surface area contributed by atoms with Crippen molar-refractivity contribution in [3.05, 3.63) is 64.9 Å². The Morgan fingerprint density at radius 1 is 0.889 bits per heavy atom. The molecule has 1 heterocycles. The smallest absolute Gasteiger partial charge is 0.253 e. The van der Waals surface area contributed by atoms with Gasteiger partial charge < -0.3 is 14.8 Å². The zero-order chi connectivity index (χ0) is 24.9. The molecule has 0 aliphatic heterocycles. The lowest BCUT2D eigenvalue weighted by molar-refractivity contribution is -0.138. The Morgan fingerprint density at radius 2 is 1.50 bits per heavy atom. The quantitative estimate of drug-likeness (QED) is 0.420. The summed E-state index contributed by atoms with van der Waals surface area (Å²) in [6.07, 6.45) is 11.8. The molecule has 0 radical (unpaired) electrons. The Bertz CT molecular complexity index is 1190. The highest BCUT2D eigenvalue weighted by molar-refractivity contribution is 6.33. The number of nitrogens with one attached hydrogen (secondary N) is 1.